The zero-order chi connectivity index (χ0) is 13.7. The van der Waals surface area contributed by atoms with Gasteiger partial charge in [0.05, 0.1) is 6.54 Å². The van der Waals surface area contributed by atoms with E-state index in [2.05, 4.69) is 29.4 Å². The standard InChI is InChI=1S/C14H20N4O/c1-11(2)9-15-10-13-16-17-14(19-13)18(3)12-7-5-4-6-8-12/h4-8,11,15H,9-10H2,1-3H3. The van der Waals surface area contributed by atoms with Crippen LogP contribution in [0.15, 0.2) is 34.7 Å². The van der Waals surface area contributed by atoms with Gasteiger partial charge in [-0.25, -0.2) is 0 Å². The van der Waals surface area contributed by atoms with Crippen LogP contribution in [-0.4, -0.2) is 23.8 Å². The molecule has 1 heterocycles. The molecule has 102 valence electrons. The Balaban J connectivity index is 1.97. The number of benzene rings is 1. The van der Waals surface area contributed by atoms with E-state index in [4.69, 9.17) is 4.42 Å². The van der Waals surface area contributed by atoms with Crippen LogP contribution in [-0.2, 0) is 6.54 Å². The van der Waals surface area contributed by atoms with Gasteiger partial charge in [-0.3, -0.25) is 4.90 Å². The minimum absolute atomic E-state index is 0.507. The Bertz CT molecular complexity index is 495. The van der Waals surface area contributed by atoms with Crippen molar-refractivity contribution in [3.63, 3.8) is 0 Å². The second kappa shape index (κ2) is 6.33. The summed E-state index contributed by atoms with van der Waals surface area (Å²) in [6.07, 6.45) is 0. The van der Waals surface area contributed by atoms with E-state index in [0.717, 1.165) is 12.2 Å². The Morgan fingerprint density at radius 1 is 1.21 bits per heavy atom. The number of hydrogen-bond donors (Lipinski definition) is 1. The van der Waals surface area contributed by atoms with Crippen molar-refractivity contribution in [2.24, 2.45) is 5.92 Å². The molecule has 5 heteroatoms. The van der Waals surface area contributed by atoms with Gasteiger partial charge in [0.15, 0.2) is 0 Å². The summed E-state index contributed by atoms with van der Waals surface area (Å²) in [4.78, 5) is 1.87. The summed E-state index contributed by atoms with van der Waals surface area (Å²) in [5, 5.41) is 11.4. The first-order valence-corrected chi connectivity index (χ1v) is 6.48. The Morgan fingerprint density at radius 2 is 1.95 bits per heavy atom. The molecule has 0 bridgehead atoms. The van der Waals surface area contributed by atoms with Gasteiger partial charge in [-0.15, -0.1) is 5.10 Å². The fourth-order valence-electron chi connectivity index (χ4n) is 1.68. The van der Waals surface area contributed by atoms with Crippen LogP contribution in [0.1, 0.15) is 19.7 Å². The Labute approximate surface area is 113 Å². The molecular weight excluding hydrogens is 240 g/mol. The van der Waals surface area contributed by atoms with Crippen LogP contribution in [0, 0.1) is 5.92 Å². The molecule has 0 amide bonds. The predicted molar refractivity (Wildman–Crippen MR) is 75.3 cm³/mol. The minimum Gasteiger partial charge on any atom is -0.406 e. The lowest BCUT2D eigenvalue weighted by Crippen LogP contribution is -2.19. The summed E-state index contributed by atoms with van der Waals surface area (Å²) in [5.74, 6) is 1.22. The van der Waals surface area contributed by atoms with Crippen molar-refractivity contribution in [2.45, 2.75) is 20.4 Å². The molecule has 0 unspecified atom stereocenters. The third-order valence-corrected chi connectivity index (χ3v) is 2.72. The number of rotatable bonds is 6. The fraction of sp³-hybridized carbons (Fsp3) is 0.429. The van der Waals surface area contributed by atoms with Crippen molar-refractivity contribution < 1.29 is 4.42 Å². The predicted octanol–water partition coefficient (Wildman–Crippen LogP) is 2.58. The first kappa shape index (κ1) is 13.5. The number of para-hydroxylation sites is 1. The third kappa shape index (κ3) is 3.79. The SMILES string of the molecule is CC(C)CNCc1nnc(N(C)c2ccccc2)o1. The highest BCUT2D eigenvalue weighted by Gasteiger charge is 2.11. The van der Waals surface area contributed by atoms with E-state index in [-0.39, 0.29) is 0 Å². The quantitative estimate of drug-likeness (QED) is 0.865. The molecule has 2 rings (SSSR count). The van der Waals surface area contributed by atoms with E-state index in [9.17, 15) is 0 Å². The van der Waals surface area contributed by atoms with Crippen LogP contribution < -0.4 is 10.2 Å². The van der Waals surface area contributed by atoms with Gasteiger partial charge in [-0.2, -0.15) is 0 Å². The van der Waals surface area contributed by atoms with E-state index in [1.807, 2.05) is 42.3 Å². The highest BCUT2D eigenvalue weighted by atomic mass is 16.4. The maximum Gasteiger partial charge on any atom is 0.322 e. The molecule has 1 aromatic heterocycles. The summed E-state index contributed by atoms with van der Waals surface area (Å²) in [6, 6.07) is 10.4. The Hall–Kier alpha value is -1.88. The average molecular weight is 260 g/mol. The van der Waals surface area contributed by atoms with E-state index in [1.54, 1.807) is 0 Å². The lowest BCUT2D eigenvalue weighted by molar-refractivity contribution is 0.455. The molecular formula is C14H20N4O. The second-order valence-electron chi connectivity index (χ2n) is 4.90. The zero-order valence-corrected chi connectivity index (χ0v) is 11.6. The van der Waals surface area contributed by atoms with Crippen LogP contribution in [0.25, 0.3) is 0 Å². The molecule has 19 heavy (non-hydrogen) atoms. The van der Waals surface area contributed by atoms with E-state index in [0.29, 0.717) is 24.4 Å². The molecule has 0 aliphatic carbocycles. The Kier molecular flexibility index (Phi) is 4.52. The van der Waals surface area contributed by atoms with Crippen LogP contribution >= 0.6 is 0 Å². The summed E-state index contributed by atoms with van der Waals surface area (Å²) in [7, 11) is 1.91. The maximum absolute atomic E-state index is 5.62. The van der Waals surface area contributed by atoms with Crippen molar-refractivity contribution in [2.75, 3.05) is 18.5 Å². The lowest BCUT2D eigenvalue weighted by Gasteiger charge is -2.13. The van der Waals surface area contributed by atoms with Gasteiger partial charge >= 0.3 is 6.01 Å². The number of anilines is 2. The molecule has 0 saturated carbocycles. The number of hydrogen-bond acceptors (Lipinski definition) is 5. The maximum atomic E-state index is 5.62. The summed E-state index contributed by atoms with van der Waals surface area (Å²) in [6.45, 7) is 5.87. The molecule has 0 fully saturated rings. The van der Waals surface area contributed by atoms with Crippen LogP contribution in [0.2, 0.25) is 0 Å². The highest BCUT2D eigenvalue weighted by Crippen LogP contribution is 2.21. The van der Waals surface area contributed by atoms with Gasteiger partial charge in [0.25, 0.3) is 0 Å². The van der Waals surface area contributed by atoms with Gasteiger partial charge in [-0.1, -0.05) is 37.1 Å². The van der Waals surface area contributed by atoms with Gasteiger partial charge < -0.3 is 9.73 Å². The molecule has 0 spiro atoms. The van der Waals surface area contributed by atoms with Crippen molar-refractivity contribution in [3.8, 4) is 0 Å². The van der Waals surface area contributed by atoms with Crippen LogP contribution in [0.5, 0.6) is 0 Å². The molecule has 0 radical (unpaired) electrons. The normalized spacial score (nSPS) is 10.9. The molecule has 0 aliphatic heterocycles. The molecule has 2 aromatic rings. The van der Waals surface area contributed by atoms with Gasteiger partial charge in [0.1, 0.15) is 0 Å². The zero-order valence-electron chi connectivity index (χ0n) is 11.6. The molecule has 0 aliphatic rings. The topological polar surface area (TPSA) is 54.2 Å². The number of aromatic nitrogens is 2. The smallest absolute Gasteiger partial charge is 0.322 e. The number of nitrogens with one attached hydrogen (secondary N) is 1. The summed E-state index contributed by atoms with van der Waals surface area (Å²) >= 11 is 0. The molecule has 1 aromatic carbocycles. The largest absolute Gasteiger partial charge is 0.406 e. The van der Waals surface area contributed by atoms with Gasteiger partial charge in [0.2, 0.25) is 5.89 Å². The van der Waals surface area contributed by atoms with E-state index < -0.39 is 0 Å². The van der Waals surface area contributed by atoms with Gasteiger partial charge in [0, 0.05) is 12.7 Å². The molecule has 1 N–H and O–H groups in total. The van der Waals surface area contributed by atoms with E-state index in [1.165, 1.54) is 0 Å². The second-order valence-corrected chi connectivity index (χ2v) is 4.90. The minimum atomic E-state index is 0.507. The van der Waals surface area contributed by atoms with Crippen molar-refractivity contribution in [3.05, 3.63) is 36.2 Å². The summed E-state index contributed by atoms with van der Waals surface area (Å²) < 4.78 is 5.62. The molecule has 0 atom stereocenters. The third-order valence-electron chi connectivity index (χ3n) is 2.72. The fourth-order valence-corrected chi connectivity index (χ4v) is 1.68. The van der Waals surface area contributed by atoms with Crippen LogP contribution in [0.4, 0.5) is 11.7 Å². The van der Waals surface area contributed by atoms with Crippen molar-refractivity contribution >= 4 is 11.7 Å². The molecule has 5 nitrogen and oxygen atoms in total. The van der Waals surface area contributed by atoms with Gasteiger partial charge in [-0.05, 0) is 24.6 Å². The monoisotopic (exact) mass is 260 g/mol. The van der Waals surface area contributed by atoms with E-state index >= 15 is 0 Å². The Morgan fingerprint density at radius 3 is 2.63 bits per heavy atom. The van der Waals surface area contributed by atoms with Crippen molar-refractivity contribution in [1.29, 1.82) is 0 Å². The number of nitrogens with zero attached hydrogens (tertiary/aromatic N) is 3. The molecule has 0 saturated heterocycles. The van der Waals surface area contributed by atoms with Crippen molar-refractivity contribution in [1.82, 2.24) is 15.5 Å². The first-order valence-electron chi connectivity index (χ1n) is 6.48. The first-order chi connectivity index (χ1) is 9.16. The lowest BCUT2D eigenvalue weighted by atomic mass is 10.2. The highest BCUT2D eigenvalue weighted by molar-refractivity contribution is 5.54. The van der Waals surface area contributed by atoms with Crippen LogP contribution in [0.3, 0.4) is 0 Å². The summed E-state index contributed by atoms with van der Waals surface area (Å²) in [5.41, 5.74) is 1.02. The average Bonchev–Trinajstić information content (AvgIpc) is 2.87.